The van der Waals surface area contributed by atoms with Crippen LogP contribution in [0.15, 0.2) is 73.5 Å². The molecular weight excluding hydrogens is 475 g/mol. The Hall–Kier alpha value is -3.03. The van der Waals surface area contributed by atoms with Crippen molar-refractivity contribution in [2.75, 3.05) is 13.6 Å². The van der Waals surface area contributed by atoms with Gasteiger partial charge in [0, 0.05) is 6.04 Å². The van der Waals surface area contributed by atoms with Crippen LogP contribution in [0.4, 0.5) is 13.2 Å². The maximum Gasteiger partial charge on any atom is 0.417 e. The monoisotopic (exact) mass is 503 g/mol. The fourth-order valence-corrected chi connectivity index (χ4v) is 4.75. The van der Waals surface area contributed by atoms with Gasteiger partial charge in [-0.1, -0.05) is 67.1 Å². The van der Waals surface area contributed by atoms with Gasteiger partial charge in [-0.3, -0.25) is 4.79 Å². The van der Waals surface area contributed by atoms with Crippen molar-refractivity contribution in [3.8, 4) is 0 Å². The minimum atomic E-state index is -4.65. The van der Waals surface area contributed by atoms with Gasteiger partial charge in [-0.05, 0) is 67.5 Å². The van der Waals surface area contributed by atoms with Crippen molar-refractivity contribution < 1.29 is 18.0 Å². The van der Waals surface area contributed by atoms with E-state index in [0.717, 1.165) is 48.6 Å². The van der Waals surface area contributed by atoms with E-state index in [1.165, 1.54) is 18.3 Å². The number of piperidine rings is 1. The number of hydrogen-bond acceptors (Lipinski definition) is 3. The summed E-state index contributed by atoms with van der Waals surface area (Å²) in [5, 5.41) is 2.37. The van der Waals surface area contributed by atoms with Gasteiger partial charge in [-0.2, -0.15) is 13.2 Å². The highest BCUT2D eigenvalue weighted by Gasteiger charge is 2.36. The van der Waals surface area contributed by atoms with Crippen LogP contribution in [0.3, 0.4) is 0 Å². The molecule has 4 nitrogen and oxygen atoms in total. The van der Waals surface area contributed by atoms with Crippen molar-refractivity contribution in [3.63, 3.8) is 0 Å². The number of carbonyl (C=O) groups excluding carboxylic acids is 1. The van der Waals surface area contributed by atoms with Crippen LogP contribution in [-0.2, 0) is 6.18 Å². The number of rotatable bonds is 7. The molecule has 1 fully saturated rings. The largest absolute Gasteiger partial charge is 0.417 e. The molecule has 186 valence electrons. The number of likely N-dealkylation sites (tertiary alicyclic amines) is 1. The zero-order chi connectivity index (χ0) is 25.6. The predicted molar refractivity (Wildman–Crippen MR) is 135 cm³/mol. The molecule has 0 radical (unpaired) electrons. The summed E-state index contributed by atoms with van der Waals surface area (Å²) in [6, 6.07) is 10.6. The lowest BCUT2D eigenvalue weighted by molar-refractivity contribution is -0.137. The van der Waals surface area contributed by atoms with Crippen molar-refractivity contribution in [1.29, 1.82) is 0 Å². The Kier molecular flexibility index (Phi) is 8.81. The third-order valence-corrected chi connectivity index (χ3v) is 6.63. The van der Waals surface area contributed by atoms with E-state index in [4.69, 9.17) is 17.3 Å². The maximum absolute atomic E-state index is 13.3. The standard InChI is InChI=1S/C27H29ClF3N3O/c1-3-7-18(15-16-32)19-11-13-20(14-12-19)25(23-10-4-5-17-34(23)2)33-26(35)21-8-6-9-22(24(21)28)27(29,30)31/h3,6-9,11-16,23,25H,1,4-5,10,17,32H2,2H3,(H,33,35)/b16-15-,18-7+/t23-,25-/m0/s1. The second kappa shape index (κ2) is 11.6. The Bertz CT molecular complexity index is 1110. The van der Waals surface area contributed by atoms with Crippen molar-refractivity contribution >= 4 is 23.1 Å². The van der Waals surface area contributed by atoms with E-state index in [1.54, 1.807) is 12.2 Å². The van der Waals surface area contributed by atoms with Gasteiger partial charge in [0.2, 0.25) is 0 Å². The third-order valence-electron chi connectivity index (χ3n) is 6.22. The molecule has 1 heterocycles. The van der Waals surface area contributed by atoms with E-state index < -0.39 is 28.7 Å². The zero-order valence-electron chi connectivity index (χ0n) is 19.5. The van der Waals surface area contributed by atoms with E-state index in [-0.39, 0.29) is 11.6 Å². The van der Waals surface area contributed by atoms with Crippen LogP contribution >= 0.6 is 11.6 Å². The summed E-state index contributed by atoms with van der Waals surface area (Å²) in [5.74, 6) is -0.646. The van der Waals surface area contributed by atoms with Gasteiger partial charge in [0.1, 0.15) is 0 Å². The van der Waals surface area contributed by atoms with Gasteiger partial charge in [-0.15, -0.1) is 0 Å². The fraction of sp³-hybridized carbons (Fsp3) is 0.296. The molecule has 0 spiro atoms. The smallest absolute Gasteiger partial charge is 0.405 e. The molecule has 2 atom stereocenters. The normalized spacial score (nSPS) is 18.4. The summed E-state index contributed by atoms with van der Waals surface area (Å²) in [7, 11) is 1.99. The number of likely N-dealkylation sites (N-methyl/N-ethyl adjacent to an activating group) is 1. The molecule has 2 aromatic carbocycles. The highest BCUT2D eigenvalue weighted by atomic mass is 35.5. The SMILES string of the molecule is C=C/C=C(\C=C/N)c1ccc([C@H](NC(=O)c2cccc(C(F)(F)F)c2Cl)[C@@H]2CCCCN2C)cc1. The third kappa shape index (κ3) is 6.35. The first-order chi connectivity index (χ1) is 16.7. The summed E-state index contributed by atoms with van der Waals surface area (Å²) >= 11 is 6.03. The summed E-state index contributed by atoms with van der Waals surface area (Å²) in [6.45, 7) is 4.60. The highest BCUT2D eigenvalue weighted by molar-refractivity contribution is 6.34. The molecule has 1 amide bonds. The second-order valence-corrected chi connectivity index (χ2v) is 8.88. The number of benzene rings is 2. The van der Waals surface area contributed by atoms with Gasteiger partial charge in [0.15, 0.2) is 0 Å². The molecule has 8 heteroatoms. The average molecular weight is 504 g/mol. The Morgan fingerprint density at radius 2 is 1.94 bits per heavy atom. The maximum atomic E-state index is 13.3. The summed E-state index contributed by atoms with van der Waals surface area (Å²) in [4.78, 5) is 15.4. The topological polar surface area (TPSA) is 58.4 Å². The molecule has 3 N–H and O–H groups in total. The molecule has 0 aromatic heterocycles. The zero-order valence-corrected chi connectivity index (χ0v) is 20.2. The number of alkyl halides is 3. The van der Waals surface area contributed by atoms with Crippen LogP contribution in [0.1, 0.15) is 52.4 Å². The van der Waals surface area contributed by atoms with Crippen LogP contribution in [-0.4, -0.2) is 30.4 Å². The molecule has 0 aliphatic carbocycles. The van der Waals surface area contributed by atoms with Gasteiger partial charge >= 0.3 is 6.18 Å². The first-order valence-electron chi connectivity index (χ1n) is 11.4. The molecular formula is C27H29ClF3N3O. The molecule has 1 aliphatic rings. The predicted octanol–water partition coefficient (Wildman–Crippen LogP) is 6.36. The highest BCUT2D eigenvalue weighted by Crippen LogP contribution is 2.37. The van der Waals surface area contributed by atoms with Crippen molar-refractivity contribution in [2.45, 2.75) is 37.5 Å². The lowest BCUT2D eigenvalue weighted by Crippen LogP contribution is -2.47. The van der Waals surface area contributed by atoms with Crippen molar-refractivity contribution in [2.24, 2.45) is 5.73 Å². The van der Waals surface area contributed by atoms with Crippen LogP contribution < -0.4 is 11.1 Å². The second-order valence-electron chi connectivity index (χ2n) is 8.50. The van der Waals surface area contributed by atoms with E-state index in [9.17, 15) is 18.0 Å². The van der Waals surface area contributed by atoms with Gasteiger partial charge in [-0.25, -0.2) is 0 Å². The van der Waals surface area contributed by atoms with Crippen LogP contribution in [0, 0.1) is 0 Å². The lowest BCUT2D eigenvalue weighted by Gasteiger charge is -2.38. The molecule has 0 saturated carbocycles. The average Bonchev–Trinajstić information content (AvgIpc) is 2.82. The van der Waals surface area contributed by atoms with Crippen LogP contribution in [0.5, 0.6) is 0 Å². The van der Waals surface area contributed by atoms with Crippen molar-refractivity contribution in [3.05, 3.63) is 101 Å². The molecule has 1 aliphatic heterocycles. The minimum Gasteiger partial charge on any atom is -0.405 e. The molecule has 0 bridgehead atoms. The summed E-state index contributed by atoms with van der Waals surface area (Å²) in [6.07, 6.45) is 4.95. The first kappa shape index (κ1) is 26.6. The Balaban J connectivity index is 1.97. The Labute approximate surface area is 208 Å². The van der Waals surface area contributed by atoms with Gasteiger partial charge < -0.3 is 16.0 Å². The number of allylic oxidation sites excluding steroid dienone is 4. The number of amides is 1. The summed E-state index contributed by atoms with van der Waals surface area (Å²) < 4.78 is 40.0. The van der Waals surface area contributed by atoms with E-state index >= 15 is 0 Å². The van der Waals surface area contributed by atoms with Crippen molar-refractivity contribution in [1.82, 2.24) is 10.2 Å². The van der Waals surface area contributed by atoms with Gasteiger partial charge in [0.05, 0.1) is 22.2 Å². The minimum absolute atomic E-state index is 0.0183. The number of halogens is 4. The first-order valence-corrected chi connectivity index (χ1v) is 11.7. The molecule has 3 rings (SSSR count). The molecule has 2 aromatic rings. The van der Waals surface area contributed by atoms with E-state index in [0.29, 0.717) is 0 Å². The molecule has 35 heavy (non-hydrogen) atoms. The van der Waals surface area contributed by atoms with E-state index in [2.05, 4.69) is 16.8 Å². The van der Waals surface area contributed by atoms with Crippen LogP contribution in [0.25, 0.3) is 5.57 Å². The van der Waals surface area contributed by atoms with E-state index in [1.807, 2.05) is 37.4 Å². The molecule has 1 saturated heterocycles. The molecule has 0 unspecified atom stereocenters. The fourth-order valence-electron chi connectivity index (χ4n) is 4.43. The quantitative estimate of drug-likeness (QED) is 0.432. The number of nitrogens with two attached hydrogens (primary N) is 1. The number of nitrogens with one attached hydrogen (secondary N) is 1. The number of carbonyl (C=O) groups is 1. The Morgan fingerprint density at radius 3 is 2.54 bits per heavy atom. The number of hydrogen-bond donors (Lipinski definition) is 2. The summed E-state index contributed by atoms with van der Waals surface area (Å²) in [5.41, 5.74) is 6.96. The van der Waals surface area contributed by atoms with Crippen LogP contribution in [0.2, 0.25) is 5.02 Å². The Morgan fingerprint density at radius 1 is 1.23 bits per heavy atom. The van der Waals surface area contributed by atoms with Gasteiger partial charge in [0.25, 0.3) is 5.91 Å². The lowest BCUT2D eigenvalue weighted by atomic mass is 9.90. The number of nitrogens with zero attached hydrogens (tertiary/aromatic N) is 1.